The molecule has 1 aliphatic rings. The Labute approximate surface area is 87.2 Å². The molecule has 0 aromatic carbocycles. The highest BCUT2D eigenvalue weighted by atomic mass is 16.1. The first-order valence-electron chi connectivity index (χ1n) is 5.88. The lowest BCUT2D eigenvalue weighted by molar-refractivity contribution is -0.133. The van der Waals surface area contributed by atoms with E-state index in [1.165, 1.54) is 12.8 Å². The molecule has 82 valence electrons. The molecule has 0 spiro atoms. The van der Waals surface area contributed by atoms with Gasteiger partial charge in [0.1, 0.15) is 5.78 Å². The van der Waals surface area contributed by atoms with Crippen LogP contribution in [0.1, 0.15) is 52.4 Å². The normalized spacial score (nSPS) is 21.4. The summed E-state index contributed by atoms with van der Waals surface area (Å²) >= 11 is 0. The molecule has 2 nitrogen and oxygen atoms in total. The molecule has 1 unspecified atom stereocenters. The number of carbonyl (C=O) groups excluding carboxylic acids is 1. The number of Topliss-reactive ketones (excluding diaryl/α,β-unsaturated/α-hetero) is 1. The third kappa shape index (κ3) is 2.35. The van der Waals surface area contributed by atoms with Gasteiger partial charge in [0.05, 0.1) is 0 Å². The van der Waals surface area contributed by atoms with Gasteiger partial charge in [-0.05, 0) is 18.8 Å². The average molecular weight is 197 g/mol. The molecule has 0 amide bonds. The monoisotopic (exact) mass is 197 g/mol. The number of carbonyl (C=O) groups is 1. The molecular weight excluding hydrogens is 174 g/mol. The van der Waals surface area contributed by atoms with Crippen molar-refractivity contribution in [2.24, 2.45) is 17.1 Å². The molecule has 1 saturated carbocycles. The van der Waals surface area contributed by atoms with Crippen LogP contribution < -0.4 is 5.73 Å². The summed E-state index contributed by atoms with van der Waals surface area (Å²) in [5.74, 6) is 0.962. The quantitative estimate of drug-likeness (QED) is 0.711. The van der Waals surface area contributed by atoms with Crippen LogP contribution in [0.5, 0.6) is 0 Å². The largest absolute Gasteiger partial charge is 0.329 e. The van der Waals surface area contributed by atoms with Gasteiger partial charge >= 0.3 is 0 Å². The predicted octanol–water partition coefficient (Wildman–Crippen LogP) is 2.51. The molecule has 0 saturated heterocycles. The first-order chi connectivity index (χ1) is 6.64. The molecule has 0 aromatic rings. The molecule has 2 heteroatoms. The van der Waals surface area contributed by atoms with E-state index in [0.717, 1.165) is 25.7 Å². The average Bonchev–Trinajstić information content (AvgIpc) is 2.03. The van der Waals surface area contributed by atoms with Crippen molar-refractivity contribution in [1.82, 2.24) is 0 Å². The van der Waals surface area contributed by atoms with Gasteiger partial charge in [0, 0.05) is 18.4 Å². The van der Waals surface area contributed by atoms with Gasteiger partial charge in [0.2, 0.25) is 0 Å². The number of ketones is 1. The van der Waals surface area contributed by atoms with Gasteiger partial charge in [-0.25, -0.2) is 0 Å². The van der Waals surface area contributed by atoms with Gasteiger partial charge < -0.3 is 5.73 Å². The first-order valence-corrected chi connectivity index (χ1v) is 5.88. The van der Waals surface area contributed by atoms with E-state index in [-0.39, 0.29) is 5.41 Å². The lowest BCUT2D eigenvalue weighted by atomic mass is 9.64. The standard InChI is InChI=1S/C12H23NO/c1-3-5-10(2)8-11(14)12(9-13)6-4-7-12/h10H,3-9,13H2,1-2H3. The SMILES string of the molecule is CCCC(C)CC(=O)C1(CN)CCC1. The Hall–Kier alpha value is -0.370. The maximum Gasteiger partial charge on any atom is 0.140 e. The maximum atomic E-state index is 12.0. The van der Waals surface area contributed by atoms with Crippen molar-refractivity contribution in [1.29, 1.82) is 0 Å². The Morgan fingerprint density at radius 1 is 1.50 bits per heavy atom. The van der Waals surface area contributed by atoms with Crippen molar-refractivity contribution in [2.45, 2.75) is 52.4 Å². The number of hydrogen-bond donors (Lipinski definition) is 1. The van der Waals surface area contributed by atoms with Gasteiger partial charge in [0.25, 0.3) is 0 Å². The molecule has 0 radical (unpaired) electrons. The fourth-order valence-corrected chi connectivity index (χ4v) is 2.33. The highest BCUT2D eigenvalue weighted by molar-refractivity contribution is 5.86. The van der Waals surface area contributed by atoms with Crippen LogP contribution in [0.3, 0.4) is 0 Å². The fraction of sp³-hybridized carbons (Fsp3) is 0.917. The molecule has 1 atom stereocenters. The van der Waals surface area contributed by atoms with Gasteiger partial charge in [-0.2, -0.15) is 0 Å². The molecule has 14 heavy (non-hydrogen) atoms. The van der Waals surface area contributed by atoms with Crippen molar-refractivity contribution in [3.8, 4) is 0 Å². The Morgan fingerprint density at radius 2 is 2.14 bits per heavy atom. The number of hydrogen-bond acceptors (Lipinski definition) is 2. The summed E-state index contributed by atoms with van der Waals surface area (Å²) in [6.45, 7) is 4.90. The summed E-state index contributed by atoms with van der Waals surface area (Å²) in [5.41, 5.74) is 5.59. The van der Waals surface area contributed by atoms with Crippen molar-refractivity contribution >= 4 is 5.78 Å². The van der Waals surface area contributed by atoms with E-state index in [1.54, 1.807) is 0 Å². The Kier molecular flexibility index (Phi) is 4.11. The summed E-state index contributed by atoms with van der Waals surface area (Å²) < 4.78 is 0. The van der Waals surface area contributed by atoms with E-state index in [4.69, 9.17) is 5.73 Å². The van der Waals surface area contributed by atoms with E-state index in [0.29, 0.717) is 18.2 Å². The molecule has 2 N–H and O–H groups in total. The van der Waals surface area contributed by atoms with Gasteiger partial charge in [-0.3, -0.25) is 4.79 Å². The van der Waals surface area contributed by atoms with Crippen LogP contribution in [-0.4, -0.2) is 12.3 Å². The molecular formula is C12H23NO. The molecule has 1 fully saturated rings. The Bertz CT molecular complexity index is 191. The second-order valence-corrected chi connectivity index (χ2v) is 4.86. The second-order valence-electron chi connectivity index (χ2n) is 4.86. The van der Waals surface area contributed by atoms with Crippen molar-refractivity contribution < 1.29 is 4.79 Å². The Morgan fingerprint density at radius 3 is 2.50 bits per heavy atom. The summed E-state index contributed by atoms with van der Waals surface area (Å²) in [7, 11) is 0. The highest BCUT2D eigenvalue weighted by Crippen LogP contribution is 2.42. The third-order valence-corrected chi connectivity index (χ3v) is 3.61. The summed E-state index contributed by atoms with van der Waals surface area (Å²) in [4.78, 5) is 12.0. The lowest BCUT2D eigenvalue weighted by Crippen LogP contribution is -2.44. The summed E-state index contributed by atoms with van der Waals surface area (Å²) in [6.07, 6.45) is 6.31. The summed E-state index contributed by atoms with van der Waals surface area (Å²) in [5, 5.41) is 0. The van der Waals surface area contributed by atoms with Crippen molar-refractivity contribution in [2.75, 3.05) is 6.54 Å². The molecule has 0 aliphatic heterocycles. The van der Waals surface area contributed by atoms with Gasteiger partial charge in [0.15, 0.2) is 0 Å². The highest BCUT2D eigenvalue weighted by Gasteiger charge is 2.42. The van der Waals surface area contributed by atoms with E-state index < -0.39 is 0 Å². The van der Waals surface area contributed by atoms with Crippen LogP contribution >= 0.6 is 0 Å². The van der Waals surface area contributed by atoms with Gasteiger partial charge in [-0.15, -0.1) is 0 Å². The van der Waals surface area contributed by atoms with Crippen LogP contribution in [0, 0.1) is 11.3 Å². The van der Waals surface area contributed by atoms with Crippen LogP contribution in [-0.2, 0) is 4.79 Å². The van der Waals surface area contributed by atoms with Crippen LogP contribution in [0.15, 0.2) is 0 Å². The molecule has 1 aliphatic carbocycles. The lowest BCUT2D eigenvalue weighted by Gasteiger charge is -2.40. The minimum absolute atomic E-state index is 0.109. The minimum atomic E-state index is -0.109. The zero-order valence-electron chi connectivity index (χ0n) is 9.51. The zero-order chi connectivity index (χ0) is 10.6. The van der Waals surface area contributed by atoms with Crippen LogP contribution in [0.4, 0.5) is 0 Å². The van der Waals surface area contributed by atoms with Crippen LogP contribution in [0.2, 0.25) is 0 Å². The zero-order valence-corrected chi connectivity index (χ0v) is 9.51. The Balaban J connectivity index is 2.40. The fourth-order valence-electron chi connectivity index (χ4n) is 2.33. The van der Waals surface area contributed by atoms with E-state index in [2.05, 4.69) is 13.8 Å². The van der Waals surface area contributed by atoms with E-state index in [9.17, 15) is 4.79 Å². The van der Waals surface area contributed by atoms with Crippen molar-refractivity contribution in [3.63, 3.8) is 0 Å². The van der Waals surface area contributed by atoms with Gasteiger partial charge in [-0.1, -0.05) is 33.1 Å². The number of nitrogens with two attached hydrogens (primary N) is 1. The third-order valence-electron chi connectivity index (χ3n) is 3.61. The second kappa shape index (κ2) is 4.92. The maximum absolute atomic E-state index is 12.0. The molecule has 0 aromatic heterocycles. The topological polar surface area (TPSA) is 43.1 Å². The molecule has 0 heterocycles. The summed E-state index contributed by atoms with van der Waals surface area (Å²) in [6, 6.07) is 0. The predicted molar refractivity (Wildman–Crippen MR) is 59.0 cm³/mol. The minimum Gasteiger partial charge on any atom is -0.329 e. The van der Waals surface area contributed by atoms with Crippen LogP contribution in [0.25, 0.3) is 0 Å². The smallest absolute Gasteiger partial charge is 0.140 e. The molecule has 0 bridgehead atoms. The van der Waals surface area contributed by atoms with E-state index in [1.807, 2.05) is 0 Å². The van der Waals surface area contributed by atoms with Crippen molar-refractivity contribution in [3.05, 3.63) is 0 Å². The van der Waals surface area contributed by atoms with E-state index >= 15 is 0 Å². The molecule has 1 rings (SSSR count). The first kappa shape index (κ1) is 11.7. The number of rotatable bonds is 6.